The Labute approximate surface area is 183 Å². The van der Waals surface area contributed by atoms with Crippen molar-refractivity contribution in [1.82, 2.24) is 0 Å². The van der Waals surface area contributed by atoms with Gasteiger partial charge in [-0.3, -0.25) is 4.79 Å². The molecule has 174 valence electrons. The number of hydrogen-bond acceptors (Lipinski definition) is 6. The fraction of sp³-hybridized carbons (Fsp3) is 0.619. The Bertz CT molecular complexity index is 876. The Morgan fingerprint density at radius 3 is 2.23 bits per heavy atom. The summed E-state index contributed by atoms with van der Waals surface area (Å²) in [6.07, 6.45) is 5.58. The molecule has 0 aromatic heterocycles. The summed E-state index contributed by atoms with van der Waals surface area (Å²) in [4.78, 5) is 24.6. The molecule has 2 fully saturated rings. The summed E-state index contributed by atoms with van der Waals surface area (Å²) in [5.41, 5.74) is 0.362. The molecular weight excluding hydrogens is 450 g/mol. The lowest BCUT2D eigenvalue weighted by molar-refractivity contribution is -0.163. The molecule has 6 nitrogen and oxygen atoms in total. The molecule has 0 unspecified atom stereocenters. The first-order valence-corrected chi connectivity index (χ1v) is 14.0. The number of alkyl halides is 2. The van der Waals surface area contributed by atoms with Crippen LogP contribution in [0.2, 0.25) is 0 Å². The van der Waals surface area contributed by atoms with E-state index in [1.54, 1.807) is 30.3 Å². The molecule has 1 saturated carbocycles. The van der Waals surface area contributed by atoms with Gasteiger partial charge in [0.15, 0.2) is 5.78 Å². The van der Waals surface area contributed by atoms with Crippen LogP contribution in [0.25, 0.3) is 0 Å². The van der Waals surface area contributed by atoms with E-state index in [1.807, 2.05) is 0 Å². The fourth-order valence-corrected chi connectivity index (χ4v) is 9.44. The second kappa shape index (κ2) is 9.95. The molecule has 1 heterocycles. The zero-order valence-corrected chi connectivity index (χ0v) is 18.9. The molecule has 0 atom stereocenters. The number of ketones is 1. The largest absolute Gasteiger partial charge is 0.466 e. The predicted octanol–water partition coefficient (Wildman–Crippen LogP) is 4.45. The number of ether oxygens (including phenoxy) is 1. The minimum absolute atomic E-state index is 0.0348. The zero-order valence-electron chi connectivity index (χ0n) is 17.3. The van der Waals surface area contributed by atoms with Crippen molar-refractivity contribution in [2.75, 3.05) is 23.9 Å². The first-order chi connectivity index (χ1) is 14.7. The van der Waals surface area contributed by atoms with Gasteiger partial charge < -0.3 is 4.74 Å². The number of benzene rings is 1. The summed E-state index contributed by atoms with van der Waals surface area (Å²) < 4.78 is 63.8. The van der Waals surface area contributed by atoms with Gasteiger partial charge in [-0.1, -0.05) is 49.6 Å². The Morgan fingerprint density at radius 2 is 1.61 bits per heavy atom. The van der Waals surface area contributed by atoms with Gasteiger partial charge in [-0.25, -0.2) is 8.42 Å². The van der Waals surface area contributed by atoms with Gasteiger partial charge in [0.1, 0.15) is 0 Å². The van der Waals surface area contributed by atoms with Gasteiger partial charge in [0.25, 0.3) is 0 Å². The number of rotatable bonds is 9. The number of esters is 1. The Kier molecular flexibility index (Phi) is 7.75. The SMILES string of the molecule is O=C(CS1(OS(=O)(=O)C(F)(F)C(=O)OCC2CCCCC2)CCCC1)c1ccccc1. The molecule has 0 bridgehead atoms. The van der Waals surface area contributed by atoms with Crippen LogP contribution in [0.5, 0.6) is 0 Å². The van der Waals surface area contributed by atoms with Gasteiger partial charge in [-0.2, -0.15) is 17.2 Å². The Hall–Kier alpha value is -1.52. The Morgan fingerprint density at radius 1 is 1.00 bits per heavy atom. The third kappa shape index (κ3) is 5.84. The maximum absolute atomic E-state index is 14.6. The summed E-state index contributed by atoms with van der Waals surface area (Å²) in [5, 5.41) is -4.82. The molecule has 0 spiro atoms. The van der Waals surface area contributed by atoms with E-state index in [2.05, 4.69) is 4.74 Å². The maximum Gasteiger partial charge on any atom is 0.466 e. The van der Waals surface area contributed by atoms with E-state index < -0.39 is 31.7 Å². The van der Waals surface area contributed by atoms with Crippen LogP contribution in [0.1, 0.15) is 55.3 Å². The smallest absolute Gasteiger partial charge is 0.460 e. The van der Waals surface area contributed by atoms with Gasteiger partial charge in [-0.15, -0.1) is 10.3 Å². The first-order valence-electron chi connectivity index (χ1n) is 10.5. The van der Waals surface area contributed by atoms with E-state index in [9.17, 15) is 26.8 Å². The van der Waals surface area contributed by atoms with Crippen LogP contribution in [-0.4, -0.2) is 49.3 Å². The van der Waals surface area contributed by atoms with Crippen molar-refractivity contribution < 1.29 is 35.2 Å². The molecule has 2 aliphatic rings. The molecule has 3 rings (SSSR count). The normalized spacial score (nSPS) is 20.8. The van der Waals surface area contributed by atoms with Gasteiger partial charge in [0.2, 0.25) is 0 Å². The van der Waals surface area contributed by atoms with Crippen LogP contribution in [0.3, 0.4) is 0 Å². The quantitative estimate of drug-likeness (QED) is 0.385. The molecule has 0 radical (unpaired) electrons. The molecule has 1 aliphatic heterocycles. The molecule has 0 amide bonds. The zero-order chi connectivity index (χ0) is 22.5. The second-order valence-corrected chi connectivity index (χ2v) is 13.2. The molecule has 31 heavy (non-hydrogen) atoms. The van der Waals surface area contributed by atoms with Crippen molar-refractivity contribution >= 4 is 32.2 Å². The summed E-state index contributed by atoms with van der Waals surface area (Å²) in [6, 6.07) is 8.22. The highest BCUT2D eigenvalue weighted by molar-refractivity contribution is 8.33. The standard InChI is InChI=1S/C21H28F2O6S2/c22-21(23,20(25)28-15-17-9-3-1-4-10-17)31(26,27)29-30(13-7-8-14-30)16-19(24)18-11-5-2-6-12-18/h2,5-6,11-12,17H,1,3-4,7-10,13-16H2. The molecule has 1 aromatic carbocycles. The number of halogens is 2. The van der Waals surface area contributed by atoms with Crippen LogP contribution >= 0.6 is 10.3 Å². The van der Waals surface area contributed by atoms with Crippen LogP contribution < -0.4 is 0 Å². The lowest BCUT2D eigenvalue weighted by Crippen LogP contribution is -2.42. The molecule has 1 aromatic rings. The molecule has 0 N–H and O–H groups in total. The van der Waals surface area contributed by atoms with Crippen molar-refractivity contribution in [3.63, 3.8) is 0 Å². The minimum atomic E-state index is -5.60. The molecule has 1 aliphatic carbocycles. The third-order valence-electron chi connectivity index (χ3n) is 5.73. The van der Waals surface area contributed by atoms with E-state index in [0.29, 0.717) is 18.4 Å². The lowest BCUT2D eigenvalue weighted by atomic mass is 9.90. The van der Waals surface area contributed by atoms with Gasteiger partial charge in [-0.05, 0) is 31.6 Å². The fourth-order valence-electron chi connectivity index (χ4n) is 3.98. The number of carbonyl (C=O) groups is 2. The van der Waals surface area contributed by atoms with Crippen molar-refractivity contribution in [3.05, 3.63) is 35.9 Å². The average molecular weight is 479 g/mol. The summed E-state index contributed by atoms with van der Waals surface area (Å²) in [6.45, 7) is -0.228. The van der Waals surface area contributed by atoms with Crippen molar-refractivity contribution in [2.45, 2.75) is 50.2 Å². The van der Waals surface area contributed by atoms with E-state index in [1.165, 1.54) is 0 Å². The molecule has 10 heteroatoms. The maximum atomic E-state index is 14.6. The number of Topliss-reactive ketones (excluding diaryl/α,β-unsaturated/α-hetero) is 1. The van der Waals surface area contributed by atoms with Crippen molar-refractivity contribution in [3.8, 4) is 0 Å². The van der Waals surface area contributed by atoms with E-state index in [4.69, 9.17) is 3.63 Å². The first kappa shape index (κ1) is 24.1. The summed E-state index contributed by atoms with van der Waals surface area (Å²) >= 11 is 0. The van der Waals surface area contributed by atoms with Crippen LogP contribution in [0.15, 0.2) is 30.3 Å². The van der Waals surface area contributed by atoms with Crippen LogP contribution in [0.4, 0.5) is 8.78 Å². The van der Waals surface area contributed by atoms with E-state index in [0.717, 1.165) is 32.1 Å². The highest BCUT2D eigenvalue weighted by atomic mass is 32.3. The van der Waals surface area contributed by atoms with Gasteiger partial charge in [0, 0.05) is 17.1 Å². The van der Waals surface area contributed by atoms with E-state index in [-0.39, 0.29) is 35.6 Å². The third-order valence-corrected chi connectivity index (χ3v) is 11.3. The lowest BCUT2D eigenvalue weighted by Gasteiger charge is -2.34. The molecule has 1 saturated heterocycles. The predicted molar refractivity (Wildman–Crippen MR) is 115 cm³/mol. The number of carbonyl (C=O) groups excluding carboxylic acids is 2. The van der Waals surface area contributed by atoms with Crippen LogP contribution in [0, 0.1) is 5.92 Å². The number of hydrogen-bond donors (Lipinski definition) is 0. The Balaban J connectivity index is 1.69. The topological polar surface area (TPSA) is 86.7 Å². The second-order valence-electron chi connectivity index (χ2n) is 8.16. The van der Waals surface area contributed by atoms with Gasteiger partial charge in [0.05, 0.1) is 12.4 Å². The average Bonchev–Trinajstić information content (AvgIpc) is 3.20. The van der Waals surface area contributed by atoms with Gasteiger partial charge >= 0.3 is 21.3 Å². The summed E-state index contributed by atoms with van der Waals surface area (Å²) in [5.74, 6) is -2.34. The molecular formula is C21H28F2O6S2. The summed E-state index contributed by atoms with van der Waals surface area (Å²) in [7, 11) is -8.25. The van der Waals surface area contributed by atoms with Crippen LogP contribution in [-0.2, 0) is 23.3 Å². The highest BCUT2D eigenvalue weighted by Crippen LogP contribution is 2.57. The van der Waals surface area contributed by atoms with E-state index >= 15 is 0 Å². The monoisotopic (exact) mass is 478 g/mol. The highest BCUT2D eigenvalue weighted by Gasteiger charge is 2.58. The van der Waals surface area contributed by atoms with Crippen molar-refractivity contribution in [1.29, 1.82) is 0 Å². The minimum Gasteiger partial charge on any atom is -0.460 e. The van der Waals surface area contributed by atoms with Crippen molar-refractivity contribution in [2.24, 2.45) is 5.92 Å².